The summed E-state index contributed by atoms with van der Waals surface area (Å²) in [5, 5.41) is 0. The van der Waals surface area contributed by atoms with Crippen LogP contribution >= 0.6 is 0 Å². The minimum atomic E-state index is -0.740. The molecule has 0 radical (unpaired) electrons. The Morgan fingerprint density at radius 1 is 1.18 bits per heavy atom. The average Bonchev–Trinajstić information content (AvgIpc) is 3.06. The zero-order valence-corrected chi connectivity index (χ0v) is 16.4. The third-order valence-electron chi connectivity index (χ3n) is 5.60. The van der Waals surface area contributed by atoms with Gasteiger partial charge in [-0.25, -0.2) is 8.78 Å². The Labute approximate surface area is 164 Å². The van der Waals surface area contributed by atoms with Crippen molar-refractivity contribution in [2.45, 2.75) is 25.8 Å². The number of anilines is 1. The molecule has 0 bridgehead atoms. The lowest BCUT2D eigenvalue weighted by atomic mass is 10.0. The lowest BCUT2D eigenvalue weighted by Crippen LogP contribution is -2.56. The van der Waals surface area contributed by atoms with Crippen LogP contribution < -0.4 is 4.90 Å². The van der Waals surface area contributed by atoms with Gasteiger partial charge in [-0.15, -0.1) is 0 Å². The average molecular weight is 395 g/mol. The van der Waals surface area contributed by atoms with E-state index in [-0.39, 0.29) is 36.5 Å². The van der Waals surface area contributed by atoms with E-state index >= 15 is 0 Å². The van der Waals surface area contributed by atoms with Crippen molar-refractivity contribution >= 4 is 17.5 Å². The number of benzene rings is 1. The van der Waals surface area contributed by atoms with Gasteiger partial charge in [0, 0.05) is 64.0 Å². The summed E-state index contributed by atoms with van der Waals surface area (Å²) in [5.74, 6) is -2.31. The lowest BCUT2D eigenvalue weighted by Gasteiger charge is -2.41. The van der Waals surface area contributed by atoms with Gasteiger partial charge in [0.05, 0.1) is 12.5 Å². The van der Waals surface area contributed by atoms with Crippen LogP contribution in [0.15, 0.2) is 18.2 Å². The van der Waals surface area contributed by atoms with Gasteiger partial charge in [-0.05, 0) is 18.6 Å². The van der Waals surface area contributed by atoms with Crippen molar-refractivity contribution in [1.82, 2.24) is 9.80 Å². The van der Waals surface area contributed by atoms with E-state index in [1.807, 2.05) is 4.90 Å². The molecule has 6 nitrogen and oxygen atoms in total. The highest BCUT2D eigenvalue weighted by atomic mass is 19.1. The first kappa shape index (κ1) is 20.7. The van der Waals surface area contributed by atoms with Gasteiger partial charge in [-0.1, -0.05) is 6.92 Å². The third kappa shape index (κ3) is 4.50. The zero-order chi connectivity index (χ0) is 20.3. The fraction of sp³-hybridized carbons (Fsp3) is 0.600. The SMILES string of the molecule is CCC1CN(C(=O)C2CC(=O)N(c3cc(F)cc(F)c3)C2)CCN1CCOC. The highest BCUT2D eigenvalue weighted by Crippen LogP contribution is 2.28. The maximum atomic E-state index is 13.5. The second-order valence-corrected chi connectivity index (χ2v) is 7.41. The Balaban J connectivity index is 1.64. The molecule has 2 saturated heterocycles. The maximum absolute atomic E-state index is 13.5. The highest BCUT2D eigenvalue weighted by molar-refractivity contribution is 6.00. The summed E-state index contributed by atoms with van der Waals surface area (Å²) in [6.07, 6.45) is 0.990. The Kier molecular flexibility index (Phi) is 6.61. The number of piperazine rings is 1. The van der Waals surface area contributed by atoms with Crippen LogP contribution in [0.25, 0.3) is 0 Å². The number of rotatable bonds is 6. The minimum absolute atomic E-state index is 0.0578. The van der Waals surface area contributed by atoms with Crippen LogP contribution in [0, 0.1) is 17.6 Å². The summed E-state index contributed by atoms with van der Waals surface area (Å²) >= 11 is 0. The van der Waals surface area contributed by atoms with Crippen LogP contribution in [0.4, 0.5) is 14.5 Å². The van der Waals surface area contributed by atoms with Crippen molar-refractivity contribution in [2.24, 2.45) is 5.92 Å². The number of hydrogen-bond donors (Lipinski definition) is 0. The zero-order valence-electron chi connectivity index (χ0n) is 16.4. The monoisotopic (exact) mass is 395 g/mol. The predicted molar refractivity (Wildman–Crippen MR) is 101 cm³/mol. The van der Waals surface area contributed by atoms with Crippen LogP contribution in [0.3, 0.4) is 0 Å². The van der Waals surface area contributed by atoms with Gasteiger partial charge in [0.15, 0.2) is 0 Å². The Morgan fingerprint density at radius 3 is 2.54 bits per heavy atom. The fourth-order valence-corrected chi connectivity index (χ4v) is 4.06. The molecule has 3 rings (SSSR count). The molecule has 0 spiro atoms. The van der Waals surface area contributed by atoms with Gasteiger partial charge in [-0.2, -0.15) is 0 Å². The molecule has 2 heterocycles. The fourth-order valence-electron chi connectivity index (χ4n) is 4.06. The van der Waals surface area contributed by atoms with E-state index in [2.05, 4.69) is 11.8 Å². The smallest absolute Gasteiger partial charge is 0.228 e. The predicted octanol–water partition coefficient (Wildman–Crippen LogP) is 1.89. The molecule has 2 aliphatic heterocycles. The standard InChI is InChI=1S/C20H27F2N3O3/c1-3-17-13-24(5-4-23(17)6-7-28-2)20(27)14-8-19(26)25(12-14)18-10-15(21)9-16(22)11-18/h9-11,14,17H,3-8,12-13H2,1-2H3. The quantitative estimate of drug-likeness (QED) is 0.738. The summed E-state index contributed by atoms with van der Waals surface area (Å²) in [6.45, 7) is 5.74. The maximum Gasteiger partial charge on any atom is 0.228 e. The third-order valence-corrected chi connectivity index (χ3v) is 5.60. The van der Waals surface area contributed by atoms with Crippen molar-refractivity contribution in [3.8, 4) is 0 Å². The number of nitrogens with zero attached hydrogens (tertiary/aromatic N) is 3. The number of carbonyl (C=O) groups is 2. The van der Waals surface area contributed by atoms with Gasteiger partial charge in [-0.3, -0.25) is 14.5 Å². The van der Waals surface area contributed by atoms with Crippen molar-refractivity contribution in [3.05, 3.63) is 29.8 Å². The normalized spacial score (nSPS) is 23.5. The molecule has 0 aliphatic carbocycles. The number of halogens is 2. The van der Waals surface area contributed by atoms with Crippen LogP contribution in [-0.4, -0.2) is 74.1 Å². The molecule has 2 aliphatic rings. The van der Waals surface area contributed by atoms with E-state index < -0.39 is 17.6 Å². The molecule has 8 heteroatoms. The van der Waals surface area contributed by atoms with Crippen molar-refractivity contribution in [2.75, 3.05) is 51.3 Å². The summed E-state index contributed by atoms with van der Waals surface area (Å²) in [5.41, 5.74) is 0.161. The molecule has 0 N–H and O–H groups in total. The molecule has 154 valence electrons. The molecule has 2 amide bonds. The molecule has 0 saturated carbocycles. The van der Waals surface area contributed by atoms with Gasteiger partial charge in [0.25, 0.3) is 0 Å². The molecule has 1 aromatic carbocycles. The van der Waals surface area contributed by atoms with E-state index in [1.165, 1.54) is 4.90 Å². The Morgan fingerprint density at radius 2 is 1.89 bits per heavy atom. The summed E-state index contributed by atoms with van der Waals surface area (Å²) < 4.78 is 32.1. The molecule has 2 unspecified atom stereocenters. The summed E-state index contributed by atoms with van der Waals surface area (Å²) in [7, 11) is 1.67. The molecule has 1 aromatic rings. The largest absolute Gasteiger partial charge is 0.383 e. The van der Waals surface area contributed by atoms with E-state index in [0.29, 0.717) is 19.7 Å². The van der Waals surface area contributed by atoms with Crippen LogP contribution in [0.5, 0.6) is 0 Å². The number of hydrogen-bond acceptors (Lipinski definition) is 4. The second-order valence-electron chi connectivity index (χ2n) is 7.41. The van der Waals surface area contributed by atoms with E-state index in [0.717, 1.165) is 37.7 Å². The molecular weight excluding hydrogens is 368 g/mol. The molecule has 2 fully saturated rings. The topological polar surface area (TPSA) is 53.1 Å². The van der Waals surface area contributed by atoms with Crippen molar-refractivity contribution in [1.29, 1.82) is 0 Å². The number of ether oxygens (including phenoxy) is 1. The molecule has 0 aromatic heterocycles. The van der Waals surface area contributed by atoms with Gasteiger partial charge >= 0.3 is 0 Å². The van der Waals surface area contributed by atoms with Gasteiger partial charge < -0.3 is 14.5 Å². The summed E-state index contributed by atoms with van der Waals surface area (Å²) in [4.78, 5) is 30.8. The summed E-state index contributed by atoms with van der Waals surface area (Å²) in [6, 6.07) is 3.27. The van der Waals surface area contributed by atoms with E-state index in [1.54, 1.807) is 7.11 Å². The number of methoxy groups -OCH3 is 1. The van der Waals surface area contributed by atoms with E-state index in [9.17, 15) is 18.4 Å². The number of carbonyl (C=O) groups excluding carboxylic acids is 2. The Bertz CT molecular complexity index is 710. The first-order valence-corrected chi connectivity index (χ1v) is 9.71. The van der Waals surface area contributed by atoms with Crippen LogP contribution in [-0.2, 0) is 14.3 Å². The number of amides is 2. The van der Waals surface area contributed by atoms with Crippen LogP contribution in [0.1, 0.15) is 19.8 Å². The minimum Gasteiger partial charge on any atom is -0.383 e. The van der Waals surface area contributed by atoms with Gasteiger partial charge in [0.2, 0.25) is 11.8 Å². The molecular formula is C20H27F2N3O3. The molecule has 28 heavy (non-hydrogen) atoms. The van der Waals surface area contributed by atoms with Crippen molar-refractivity contribution < 1.29 is 23.1 Å². The lowest BCUT2D eigenvalue weighted by molar-refractivity contribution is -0.139. The second kappa shape index (κ2) is 8.96. The Hall–Kier alpha value is -2.06. The first-order chi connectivity index (χ1) is 13.4. The first-order valence-electron chi connectivity index (χ1n) is 9.71. The molecule has 2 atom stereocenters. The van der Waals surface area contributed by atoms with E-state index in [4.69, 9.17) is 4.74 Å². The van der Waals surface area contributed by atoms with Crippen LogP contribution in [0.2, 0.25) is 0 Å². The van der Waals surface area contributed by atoms with Crippen molar-refractivity contribution in [3.63, 3.8) is 0 Å². The van der Waals surface area contributed by atoms with Gasteiger partial charge in [0.1, 0.15) is 11.6 Å². The highest BCUT2D eigenvalue weighted by Gasteiger charge is 2.39.